The SMILES string of the molecule is CCOC(=O)/C=C/C(=O)N(C(=O)C(C)C)c1ccc(C)cc1. The van der Waals surface area contributed by atoms with E-state index in [1.165, 1.54) is 0 Å². The molecule has 0 bridgehead atoms. The van der Waals surface area contributed by atoms with Crippen LogP contribution in [0.25, 0.3) is 0 Å². The van der Waals surface area contributed by atoms with Crippen molar-refractivity contribution < 1.29 is 19.1 Å². The number of carbonyl (C=O) groups is 3. The normalized spacial score (nSPS) is 10.8. The van der Waals surface area contributed by atoms with E-state index >= 15 is 0 Å². The van der Waals surface area contributed by atoms with Crippen LogP contribution in [-0.2, 0) is 19.1 Å². The van der Waals surface area contributed by atoms with Crippen LogP contribution in [0.5, 0.6) is 0 Å². The summed E-state index contributed by atoms with van der Waals surface area (Å²) in [6.07, 6.45) is 2.08. The van der Waals surface area contributed by atoms with Gasteiger partial charge in [-0.2, -0.15) is 0 Å². The molecule has 22 heavy (non-hydrogen) atoms. The third-order valence-corrected chi connectivity index (χ3v) is 2.88. The molecule has 5 nitrogen and oxygen atoms in total. The molecular weight excluding hydrogens is 282 g/mol. The van der Waals surface area contributed by atoms with Crippen molar-refractivity contribution in [2.45, 2.75) is 27.7 Å². The van der Waals surface area contributed by atoms with Gasteiger partial charge in [0, 0.05) is 18.1 Å². The summed E-state index contributed by atoms with van der Waals surface area (Å²) in [7, 11) is 0. The number of hydrogen-bond acceptors (Lipinski definition) is 4. The van der Waals surface area contributed by atoms with Crippen molar-refractivity contribution in [2.24, 2.45) is 5.92 Å². The number of amides is 2. The highest BCUT2D eigenvalue weighted by molar-refractivity contribution is 6.19. The van der Waals surface area contributed by atoms with Crippen LogP contribution in [0.2, 0.25) is 0 Å². The summed E-state index contributed by atoms with van der Waals surface area (Å²) < 4.78 is 4.72. The van der Waals surface area contributed by atoms with Crippen molar-refractivity contribution >= 4 is 23.5 Å². The molecule has 0 fully saturated rings. The van der Waals surface area contributed by atoms with E-state index in [-0.39, 0.29) is 18.4 Å². The number of aryl methyl sites for hydroxylation is 1. The first-order chi connectivity index (χ1) is 10.4. The molecule has 0 spiro atoms. The zero-order valence-corrected chi connectivity index (χ0v) is 13.3. The van der Waals surface area contributed by atoms with Crippen LogP contribution in [-0.4, -0.2) is 24.4 Å². The van der Waals surface area contributed by atoms with Crippen LogP contribution < -0.4 is 4.90 Å². The van der Waals surface area contributed by atoms with Gasteiger partial charge in [-0.05, 0) is 26.0 Å². The van der Waals surface area contributed by atoms with Gasteiger partial charge in [0.2, 0.25) is 5.91 Å². The number of hydrogen-bond donors (Lipinski definition) is 0. The number of carbonyl (C=O) groups excluding carboxylic acids is 3. The molecule has 1 aromatic rings. The first-order valence-corrected chi connectivity index (χ1v) is 7.16. The van der Waals surface area contributed by atoms with Crippen LogP contribution in [0.15, 0.2) is 36.4 Å². The molecule has 2 amide bonds. The number of benzene rings is 1. The second kappa shape index (κ2) is 8.12. The van der Waals surface area contributed by atoms with E-state index in [0.29, 0.717) is 5.69 Å². The van der Waals surface area contributed by atoms with E-state index < -0.39 is 11.9 Å². The zero-order valence-electron chi connectivity index (χ0n) is 13.3. The predicted molar refractivity (Wildman–Crippen MR) is 84.3 cm³/mol. The van der Waals surface area contributed by atoms with Gasteiger partial charge in [-0.3, -0.25) is 9.59 Å². The van der Waals surface area contributed by atoms with E-state index in [0.717, 1.165) is 22.6 Å². The standard InChI is InChI=1S/C17H21NO4/c1-5-22-16(20)11-10-15(19)18(17(21)12(2)3)14-8-6-13(4)7-9-14/h6-12H,5H2,1-4H3/b11-10+. The van der Waals surface area contributed by atoms with Crippen LogP contribution >= 0.6 is 0 Å². The smallest absolute Gasteiger partial charge is 0.330 e. The molecule has 0 saturated carbocycles. The predicted octanol–water partition coefficient (Wildman–Crippen LogP) is 2.63. The molecule has 0 radical (unpaired) electrons. The molecule has 0 N–H and O–H groups in total. The van der Waals surface area contributed by atoms with Gasteiger partial charge in [0.15, 0.2) is 0 Å². The van der Waals surface area contributed by atoms with Gasteiger partial charge in [0.05, 0.1) is 12.3 Å². The summed E-state index contributed by atoms with van der Waals surface area (Å²) in [5.41, 5.74) is 1.50. The molecule has 0 saturated heterocycles. The van der Waals surface area contributed by atoms with E-state index in [1.54, 1.807) is 32.9 Å². The Morgan fingerprint density at radius 2 is 1.73 bits per heavy atom. The highest BCUT2D eigenvalue weighted by atomic mass is 16.5. The van der Waals surface area contributed by atoms with Crippen LogP contribution in [0.1, 0.15) is 26.3 Å². The van der Waals surface area contributed by atoms with Gasteiger partial charge < -0.3 is 4.74 Å². The molecular formula is C17H21NO4. The molecule has 0 heterocycles. The third kappa shape index (κ3) is 4.84. The molecule has 0 aliphatic heterocycles. The summed E-state index contributed by atoms with van der Waals surface area (Å²) in [6.45, 7) is 7.25. The molecule has 0 aliphatic carbocycles. The van der Waals surface area contributed by atoms with E-state index in [2.05, 4.69) is 0 Å². The minimum absolute atomic E-state index is 0.226. The van der Waals surface area contributed by atoms with Crippen molar-refractivity contribution in [3.05, 3.63) is 42.0 Å². The molecule has 0 aliphatic rings. The van der Waals surface area contributed by atoms with Gasteiger partial charge in [-0.15, -0.1) is 0 Å². The Morgan fingerprint density at radius 1 is 1.14 bits per heavy atom. The van der Waals surface area contributed by atoms with Crippen molar-refractivity contribution in [1.29, 1.82) is 0 Å². The summed E-state index contributed by atoms with van der Waals surface area (Å²) in [4.78, 5) is 36.9. The van der Waals surface area contributed by atoms with Gasteiger partial charge in [-0.1, -0.05) is 31.5 Å². The Kier molecular flexibility index (Phi) is 6.50. The second-order valence-corrected chi connectivity index (χ2v) is 5.09. The van der Waals surface area contributed by atoms with E-state index in [1.807, 2.05) is 19.1 Å². The molecule has 118 valence electrons. The van der Waals surface area contributed by atoms with E-state index in [4.69, 9.17) is 4.74 Å². The monoisotopic (exact) mass is 303 g/mol. The Bertz CT molecular complexity index is 573. The number of rotatable bonds is 5. The first kappa shape index (κ1) is 17.6. The lowest BCUT2D eigenvalue weighted by molar-refractivity contribution is -0.137. The number of anilines is 1. The quantitative estimate of drug-likeness (QED) is 0.619. The third-order valence-electron chi connectivity index (χ3n) is 2.88. The minimum Gasteiger partial charge on any atom is -0.463 e. The lowest BCUT2D eigenvalue weighted by Gasteiger charge is -2.21. The molecule has 1 rings (SSSR count). The van der Waals surface area contributed by atoms with E-state index in [9.17, 15) is 14.4 Å². The first-order valence-electron chi connectivity index (χ1n) is 7.16. The van der Waals surface area contributed by atoms with Gasteiger partial charge in [0.1, 0.15) is 0 Å². The fraction of sp³-hybridized carbons (Fsp3) is 0.353. The molecule has 1 aromatic carbocycles. The number of imide groups is 1. The van der Waals surface area contributed by atoms with Gasteiger partial charge in [0.25, 0.3) is 5.91 Å². The molecule has 0 unspecified atom stereocenters. The van der Waals surface area contributed by atoms with Crippen molar-refractivity contribution in [3.63, 3.8) is 0 Å². The summed E-state index contributed by atoms with van der Waals surface area (Å²) in [6, 6.07) is 7.04. The molecule has 5 heteroatoms. The average Bonchev–Trinajstić information content (AvgIpc) is 2.47. The van der Waals surface area contributed by atoms with Gasteiger partial charge >= 0.3 is 5.97 Å². The fourth-order valence-corrected chi connectivity index (χ4v) is 1.72. The summed E-state index contributed by atoms with van der Waals surface area (Å²) in [5.74, 6) is -1.86. The minimum atomic E-state index is -0.614. The van der Waals surface area contributed by atoms with Crippen molar-refractivity contribution in [1.82, 2.24) is 0 Å². The highest BCUT2D eigenvalue weighted by Crippen LogP contribution is 2.18. The average molecular weight is 303 g/mol. The summed E-state index contributed by atoms with van der Waals surface area (Å²) in [5, 5.41) is 0. The van der Waals surface area contributed by atoms with Crippen LogP contribution in [0.4, 0.5) is 5.69 Å². The molecule has 0 aromatic heterocycles. The lowest BCUT2D eigenvalue weighted by atomic mass is 10.1. The lowest BCUT2D eigenvalue weighted by Crippen LogP contribution is -2.38. The fourth-order valence-electron chi connectivity index (χ4n) is 1.72. The number of nitrogens with zero attached hydrogens (tertiary/aromatic N) is 1. The largest absolute Gasteiger partial charge is 0.463 e. The Labute approximate surface area is 130 Å². The highest BCUT2D eigenvalue weighted by Gasteiger charge is 2.24. The van der Waals surface area contributed by atoms with Crippen LogP contribution in [0, 0.1) is 12.8 Å². The van der Waals surface area contributed by atoms with Crippen LogP contribution in [0.3, 0.4) is 0 Å². The summed E-state index contributed by atoms with van der Waals surface area (Å²) >= 11 is 0. The molecule has 0 atom stereocenters. The Hall–Kier alpha value is -2.43. The number of ether oxygens (including phenoxy) is 1. The maximum absolute atomic E-state index is 12.3. The maximum Gasteiger partial charge on any atom is 0.330 e. The van der Waals surface area contributed by atoms with Gasteiger partial charge in [-0.25, -0.2) is 9.69 Å². The zero-order chi connectivity index (χ0) is 16.7. The Balaban J connectivity index is 3.05. The Morgan fingerprint density at radius 3 is 2.23 bits per heavy atom. The topological polar surface area (TPSA) is 63.7 Å². The maximum atomic E-state index is 12.3. The number of esters is 1. The van der Waals surface area contributed by atoms with Crippen molar-refractivity contribution in [2.75, 3.05) is 11.5 Å². The van der Waals surface area contributed by atoms with Crippen molar-refractivity contribution in [3.8, 4) is 0 Å². The second-order valence-electron chi connectivity index (χ2n) is 5.09.